The third-order valence-electron chi connectivity index (χ3n) is 4.64. The predicted octanol–water partition coefficient (Wildman–Crippen LogP) is 5.80. The minimum absolute atomic E-state index is 0.149. The van der Waals surface area contributed by atoms with Gasteiger partial charge >= 0.3 is 0 Å². The smallest absolute Gasteiger partial charge is 0.138 e. The van der Waals surface area contributed by atoms with Crippen LogP contribution in [0.3, 0.4) is 0 Å². The number of hydrogen-bond donors (Lipinski definition) is 1. The van der Waals surface area contributed by atoms with Gasteiger partial charge in [0, 0.05) is 11.9 Å². The molecular formula is C21H22ClN5S. The Morgan fingerprint density at radius 2 is 1.82 bits per heavy atom. The minimum Gasteiger partial charge on any atom is -0.332 e. The van der Waals surface area contributed by atoms with E-state index in [1.165, 1.54) is 5.56 Å². The molecule has 4 rings (SSSR count). The molecule has 7 heteroatoms. The summed E-state index contributed by atoms with van der Waals surface area (Å²) in [6, 6.07) is 14.4. The number of aromatic nitrogens is 4. The van der Waals surface area contributed by atoms with Crippen LogP contribution in [0.25, 0.3) is 16.9 Å². The molecule has 3 heterocycles. The Bertz CT molecular complexity index is 1120. The summed E-state index contributed by atoms with van der Waals surface area (Å²) >= 11 is 7.95. The van der Waals surface area contributed by atoms with Gasteiger partial charge < -0.3 is 9.29 Å². The summed E-state index contributed by atoms with van der Waals surface area (Å²) in [6.45, 7) is 6.65. The van der Waals surface area contributed by atoms with Gasteiger partial charge in [0.25, 0.3) is 0 Å². The summed E-state index contributed by atoms with van der Waals surface area (Å²) in [4.78, 5) is 5.31. The number of hydrogen-bond acceptors (Lipinski definition) is 4. The zero-order valence-electron chi connectivity index (χ0n) is 16.3. The summed E-state index contributed by atoms with van der Waals surface area (Å²) in [6.07, 6.45) is 3.56. The summed E-state index contributed by atoms with van der Waals surface area (Å²) in [7, 11) is 1.95. The monoisotopic (exact) mass is 411 g/mol. The van der Waals surface area contributed by atoms with Crippen LogP contribution in [-0.4, -0.2) is 19.2 Å². The molecule has 0 aliphatic carbocycles. The molecule has 1 N–H and O–H groups in total. The van der Waals surface area contributed by atoms with Crippen LogP contribution >= 0.6 is 23.5 Å². The number of anilines is 1. The molecule has 0 radical (unpaired) electrons. The van der Waals surface area contributed by atoms with Crippen molar-refractivity contribution in [1.82, 2.24) is 19.2 Å². The van der Waals surface area contributed by atoms with Crippen LogP contribution < -0.4 is 4.72 Å². The number of pyridine rings is 1. The van der Waals surface area contributed by atoms with Gasteiger partial charge in [0.15, 0.2) is 0 Å². The highest BCUT2D eigenvalue weighted by Crippen LogP contribution is 2.30. The first-order chi connectivity index (χ1) is 13.3. The number of imidazole rings is 1. The first-order valence-electron chi connectivity index (χ1n) is 9.01. The van der Waals surface area contributed by atoms with E-state index in [9.17, 15) is 0 Å². The minimum atomic E-state index is 0.149. The molecule has 4 aromatic rings. The molecule has 0 fully saturated rings. The van der Waals surface area contributed by atoms with Gasteiger partial charge in [-0.25, -0.2) is 9.50 Å². The number of rotatable bonds is 4. The lowest BCUT2D eigenvalue weighted by molar-refractivity contribution is 0.590. The van der Waals surface area contributed by atoms with Crippen molar-refractivity contribution in [3.05, 3.63) is 65.6 Å². The highest BCUT2D eigenvalue weighted by Gasteiger charge is 2.14. The van der Waals surface area contributed by atoms with Crippen molar-refractivity contribution in [1.29, 1.82) is 0 Å². The van der Waals surface area contributed by atoms with Crippen LogP contribution in [0.5, 0.6) is 0 Å². The Kier molecular flexibility index (Phi) is 4.85. The molecule has 0 saturated heterocycles. The Morgan fingerprint density at radius 3 is 2.46 bits per heavy atom. The van der Waals surface area contributed by atoms with E-state index in [2.05, 4.69) is 54.7 Å². The number of halogens is 1. The first-order valence-corrected chi connectivity index (χ1v) is 10.2. The number of benzene rings is 1. The van der Waals surface area contributed by atoms with Crippen molar-refractivity contribution >= 4 is 34.9 Å². The largest absolute Gasteiger partial charge is 0.332 e. The van der Waals surface area contributed by atoms with E-state index in [0.29, 0.717) is 5.02 Å². The van der Waals surface area contributed by atoms with E-state index in [1.54, 1.807) is 24.5 Å². The zero-order chi connectivity index (χ0) is 19.9. The molecule has 0 atom stereocenters. The van der Waals surface area contributed by atoms with Crippen LogP contribution in [0.4, 0.5) is 5.82 Å². The van der Waals surface area contributed by atoms with Crippen molar-refractivity contribution in [3.63, 3.8) is 0 Å². The van der Waals surface area contributed by atoms with E-state index in [-0.39, 0.29) is 5.41 Å². The third kappa shape index (κ3) is 3.62. The fourth-order valence-electron chi connectivity index (χ4n) is 2.98. The number of nitrogens with one attached hydrogen (secondary N) is 1. The quantitative estimate of drug-likeness (QED) is 0.431. The van der Waals surface area contributed by atoms with Crippen molar-refractivity contribution < 1.29 is 0 Å². The molecule has 0 spiro atoms. The van der Waals surface area contributed by atoms with Crippen LogP contribution in [0.15, 0.2) is 59.9 Å². The second kappa shape index (κ2) is 7.18. The summed E-state index contributed by atoms with van der Waals surface area (Å²) in [5.41, 5.74) is 4.09. The molecule has 0 aliphatic heterocycles. The first kappa shape index (κ1) is 18.9. The summed E-state index contributed by atoms with van der Waals surface area (Å²) in [5, 5.41) is 5.39. The van der Waals surface area contributed by atoms with Gasteiger partial charge in [-0.15, -0.1) is 0 Å². The fourth-order valence-corrected chi connectivity index (χ4v) is 3.83. The van der Waals surface area contributed by atoms with Crippen LogP contribution in [0.2, 0.25) is 5.02 Å². The fraction of sp³-hybridized carbons (Fsp3) is 0.238. The lowest BCUT2D eigenvalue weighted by Crippen LogP contribution is -2.10. The SMILES string of the molecule is Cn1cncc1-c1cc2c(Cl)ccc(NSc3ccc(C(C)(C)C)cc3)n2n1. The lowest BCUT2D eigenvalue weighted by Gasteiger charge is -2.19. The van der Waals surface area contributed by atoms with Gasteiger partial charge in [-0.1, -0.05) is 44.5 Å². The molecule has 3 aromatic heterocycles. The molecule has 144 valence electrons. The van der Waals surface area contributed by atoms with Crippen LogP contribution in [0.1, 0.15) is 26.3 Å². The van der Waals surface area contributed by atoms with E-state index >= 15 is 0 Å². The van der Waals surface area contributed by atoms with Crippen molar-refractivity contribution in [2.75, 3.05) is 4.72 Å². The number of fused-ring (bicyclic) bond motifs is 1. The van der Waals surface area contributed by atoms with Crippen molar-refractivity contribution in [2.24, 2.45) is 7.05 Å². The van der Waals surface area contributed by atoms with E-state index in [1.807, 2.05) is 34.3 Å². The Hall–Kier alpha value is -2.44. The zero-order valence-corrected chi connectivity index (χ0v) is 17.8. The molecule has 0 bridgehead atoms. The van der Waals surface area contributed by atoms with Crippen molar-refractivity contribution in [2.45, 2.75) is 31.1 Å². The maximum Gasteiger partial charge on any atom is 0.138 e. The van der Waals surface area contributed by atoms with Crippen LogP contribution in [-0.2, 0) is 12.5 Å². The molecule has 0 amide bonds. The number of aryl methyl sites for hydroxylation is 1. The van der Waals surface area contributed by atoms with Gasteiger partial charge in [-0.05, 0) is 53.3 Å². The average molecular weight is 412 g/mol. The summed E-state index contributed by atoms with van der Waals surface area (Å²) in [5.74, 6) is 0.859. The van der Waals surface area contributed by atoms with Crippen molar-refractivity contribution in [3.8, 4) is 11.4 Å². The normalized spacial score (nSPS) is 11.9. The lowest BCUT2D eigenvalue weighted by atomic mass is 9.87. The Morgan fingerprint density at radius 1 is 1.07 bits per heavy atom. The number of nitrogens with zero attached hydrogens (tertiary/aromatic N) is 4. The molecule has 0 unspecified atom stereocenters. The Balaban J connectivity index is 1.61. The molecular weight excluding hydrogens is 390 g/mol. The third-order valence-corrected chi connectivity index (χ3v) is 5.78. The van der Waals surface area contributed by atoms with Gasteiger partial charge in [0.1, 0.15) is 11.5 Å². The van der Waals surface area contributed by atoms with Gasteiger partial charge in [-0.3, -0.25) is 0 Å². The van der Waals surface area contributed by atoms with E-state index in [0.717, 1.165) is 27.6 Å². The molecule has 5 nitrogen and oxygen atoms in total. The second-order valence-electron chi connectivity index (χ2n) is 7.76. The van der Waals surface area contributed by atoms with E-state index in [4.69, 9.17) is 16.7 Å². The summed E-state index contributed by atoms with van der Waals surface area (Å²) < 4.78 is 7.17. The van der Waals surface area contributed by atoms with Gasteiger partial charge in [-0.2, -0.15) is 5.10 Å². The van der Waals surface area contributed by atoms with Gasteiger partial charge in [0.05, 0.1) is 28.8 Å². The maximum absolute atomic E-state index is 6.40. The highest BCUT2D eigenvalue weighted by atomic mass is 35.5. The maximum atomic E-state index is 6.40. The van der Waals surface area contributed by atoms with E-state index < -0.39 is 0 Å². The standard InChI is InChI=1S/C21H22ClN5S/c1-21(2,3)14-5-7-15(8-6-14)28-25-20-10-9-16(22)18-11-17(24-27(18)20)19-12-23-13-26(19)4/h5-13,25H,1-4H3. The topological polar surface area (TPSA) is 47.2 Å². The molecule has 1 aromatic carbocycles. The second-order valence-corrected chi connectivity index (χ2v) is 9.05. The average Bonchev–Trinajstić information content (AvgIpc) is 3.27. The Labute approximate surface area is 173 Å². The van der Waals surface area contributed by atoms with Crippen LogP contribution in [0, 0.1) is 0 Å². The van der Waals surface area contributed by atoms with Gasteiger partial charge in [0.2, 0.25) is 0 Å². The molecule has 0 saturated carbocycles. The highest BCUT2D eigenvalue weighted by molar-refractivity contribution is 8.00. The molecule has 28 heavy (non-hydrogen) atoms. The predicted molar refractivity (Wildman–Crippen MR) is 117 cm³/mol. The molecule has 0 aliphatic rings.